The highest BCUT2D eigenvalue weighted by Crippen LogP contribution is 2.32. The average Bonchev–Trinajstić information content (AvgIpc) is 3.39. The highest BCUT2D eigenvalue weighted by atomic mass is 32.1. The normalized spacial score (nSPS) is 14.8. The van der Waals surface area contributed by atoms with E-state index in [1.807, 2.05) is 67.6 Å². The van der Waals surface area contributed by atoms with Crippen molar-refractivity contribution in [3.05, 3.63) is 84.2 Å². The maximum absolute atomic E-state index is 12.8. The number of unbranched alkanes of at least 4 members (excludes halogenated alkanes) is 1. The number of thiazole rings is 1. The Hall–Kier alpha value is -3.79. The highest BCUT2D eigenvalue weighted by molar-refractivity contribution is 7.22. The lowest BCUT2D eigenvalue weighted by Gasteiger charge is -2.32. The topological polar surface area (TPSA) is 88.6 Å². The molecule has 8 nitrogen and oxygen atoms in total. The van der Waals surface area contributed by atoms with Gasteiger partial charge in [0.15, 0.2) is 5.13 Å². The fourth-order valence-electron chi connectivity index (χ4n) is 4.81. The number of aromatic nitrogens is 2. The van der Waals surface area contributed by atoms with Gasteiger partial charge in [0, 0.05) is 42.8 Å². The third-order valence-corrected chi connectivity index (χ3v) is 7.96. The van der Waals surface area contributed by atoms with E-state index < -0.39 is 0 Å². The van der Waals surface area contributed by atoms with Gasteiger partial charge in [-0.25, -0.2) is 4.98 Å². The molecule has 1 amide bonds. The molecule has 9 heteroatoms. The molecule has 0 radical (unpaired) electrons. The first-order chi connectivity index (χ1) is 20.1. The van der Waals surface area contributed by atoms with Crippen LogP contribution in [0, 0.1) is 6.92 Å². The smallest absolute Gasteiger partial charge is 0.248 e. The van der Waals surface area contributed by atoms with Crippen LogP contribution in [0.4, 0.5) is 16.5 Å². The van der Waals surface area contributed by atoms with Gasteiger partial charge >= 0.3 is 0 Å². The molecule has 1 unspecified atom stereocenters. The number of morpholine rings is 1. The minimum atomic E-state index is -0.122. The molecule has 1 aliphatic heterocycles. The zero-order chi connectivity index (χ0) is 28.4. The summed E-state index contributed by atoms with van der Waals surface area (Å²) in [5.74, 6) is 0.698. The van der Waals surface area contributed by atoms with Crippen molar-refractivity contribution in [1.82, 2.24) is 14.9 Å². The number of nitrogens with zero attached hydrogens (tertiary/aromatic N) is 3. The second-order valence-corrected chi connectivity index (χ2v) is 11.2. The van der Waals surface area contributed by atoms with Gasteiger partial charge in [-0.2, -0.15) is 0 Å². The van der Waals surface area contributed by atoms with Gasteiger partial charge in [-0.15, -0.1) is 0 Å². The summed E-state index contributed by atoms with van der Waals surface area (Å²) < 4.78 is 12.4. The van der Waals surface area contributed by atoms with E-state index in [-0.39, 0.29) is 11.9 Å². The van der Waals surface area contributed by atoms with E-state index in [4.69, 9.17) is 14.5 Å². The molecule has 1 atom stereocenters. The summed E-state index contributed by atoms with van der Waals surface area (Å²) in [6.07, 6.45) is 8.80. The Morgan fingerprint density at radius 1 is 1.15 bits per heavy atom. The van der Waals surface area contributed by atoms with Crippen LogP contribution in [0.3, 0.4) is 0 Å². The van der Waals surface area contributed by atoms with E-state index in [2.05, 4.69) is 27.4 Å². The Balaban J connectivity index is 1.19. The summed E-state index contributed by atoms with van der Waals surface area (Å²) in [5, 5.41) is 7.21. The van der Waals surface area contributed by atoms with Crippen molar-refractivity contribution in [2.24, 2.45) is 0 Å². The van der Waals surface area contributed by atoms with Crippen molar-refractivity contribution < 1.29 is 14.3 Å². The van der Waals surface area contributed by atoms with Crippen LogP contribution in [0.5, 0.6) is 5.75 Å². The van der Waals surface area contributed by atoms with Crippen LogP contribution in [-0.4, -0.2) is 53.1 Å². The summed E-state index contributed by atoms with van der Waals surface area (Å²) in [4.78, 5) is 24.2. The minimum Gasteiger partial charge on any atom is -0.487 e. The fraction of sp³-hybridized carbons (Fsp3) is 0.344. The van der Waals surface area contributed by atoms with Gasteiger partial charge in [0.1, 0.15) is 12.4 Å². The van der Waals surface area contributed by atoms with Gasteiger partial charge < -0.3 is 20.1 Å². The van der Waals surface area contributed by atoms with E-state index in [1.165, 1.54) is 0 Å². The zero-order valence-electron chi connectivity index (χ0n) is 23.6. The first-order valence-electron chi connectivity index (χ1n) is 14.2. The molecule has 3 heterocycles. The first kappa shape index (κ1) is 28.7. The van der Waals surface area contributed by atoms with Crippen LogP contribution < -0.4 is 15.4 Å². The molecule has 0 saturated carbocycles. The SMILES string of the molecule is CCCCC(/C=C/C(=O)Nc1ccc2nc(Nc3ccc(OCc4ccccn4)c(C)c3)sc2c1)N1CCOCC1. The van der Waals surface area contributed by atoms with Crippen LogP contribution in [0.2, 0.25) is 0 Å². The summed E-state index contributed by atoms with van der Waals surface area (Å²) in [6, 6.07) is 17.8. The van der Waals surface area contributed by atoms with Gasteiger partial charge in [0.05, 0.1) is 29.1 Å². The van der Waals surface area contributed by atoms with Gasteiger partial charge in [-0.1, -0.05) is 43.2 Å². The summed E-state index contributed by atoms with van der Waals surface area (Å²) >= 11 is 1.55. The second kappa shape index (κ2) is 14.2. The predicted octanol–water partition coefficient (Wildman–Crippen LogP) is 6.71. The number of hydrogen-bond acceptors (Lipinski definition) is 8. The van der Waals surface area contributed by atoms with Crippen LogP contribution >= 0.6 is 11.3 Å². The largest absolute Gasteiger partial charge is 0.487 e. The molecule has 1 aliphatic rings. The predicted molar refractivity (Wildman–Crippen MR) is 166 cm³/mol. The van der Waals surface area contributed by atoms with E-state index in [9.17, 15) is 4.79 Å². The lowest BCUT2D eigenvalue weighted by Crippen LogP contribution is -2.42. The Bertz CT molecular complexity index is 1470. The van der Waals surface area contributed by atoms with Gasteiger partial charge in [0.2, 0.25) is 5.91 Å². The number of ether oxygens (including phenoxy) is 2. The number of benzene rings is 2. The molecule has 2 aromatic heterocycles. The number of hydrogen-bond donors (Lipinski definition) is 2. The van der Waals surface area contributed by atoms with Crippen LogP contribution in [0.25, 0.3) is 10.2 Å². The average molecular weight is 572 g/mol. The number of rotatable bonds is 12. The van der Waals surface area contributed by atoms with E-state index in [1.54, 1.807) is 23.6 Å². The molecular weight excluding hydrogens is 534 g/mol. The van der Waals surface area contributed by atoms with Crippen molar-refractivity contribution in [3.63, 3.8) is 0 Å². The van der Waals surface area contributed by atoms with E-state index in [0.717, 1.165) is 89.3 Å². The standard InChI is InChI=1S/C32H37N5O3S/c1-3-4-8-27(37-16-18-39-19-17-37)11-14-31(38)34-25-9-12-28-30(21-25)41-32(36-28)35-24-10-13-29(23(2)20-24)40-22-26-7-5-6-15-33-26/h5-7,9-15,20-21,27H,3-4,8,16-19,22H2,1-2H3,(H,34,38)(H,35,36)/b14-11+. The molecule has 41 heavy (non-hydrogen) atoms. The molecule has 4 aromatic rings. The molecule has 0 spiro atoms. The lowest BCUT2D eigenvalue weighted by molar-refractivity contribution is -0.111. The maximum Gasteiger partial charge on any atom is 0.248 e. The third kappa shape index (κ3) is 8.13. The van der Waals surface area contributed by atoms with Gasteiger partial charge in [-0.05, 0) is 67.4 Å². The van der Waals surface area contributed by atoms with Crippen molar-refractivity contribution >= 4 is 44.0 Å². The Morgan fingerprint density at radius 2 is 2.00 bits per heavy atom. The maximum atomic E-state index is 12.8. The zero-order valence-corrected chi connectivity index (χ0v) is 24.5. The number of aryl methyl sites for hydroxylation is 1. The second-order valence-electron chi connectivity index (χ2n) is 10.1. The number of fused-ring (bicyclic) bond motifs is 1. The Morgan fingerprint density at radius 3 is 2.78 bits per heavy atom. The van der Waals surface area contributed by atoms with Gasteiger partial charge in [0.25, 0.3) is 0 Å². The minimum absolute atomic E-state index is 0.122. The van der Waals surface area contributed by atoms with E-state index in [0.29, 0.717) is 6.61 Å². The Kier molecular flexibility index (Phi) is 9.96. The van der Waals surface area contributed by atoms with Crippen molar-refractivity contribution in [2.75, 3.05) is 36.9 Å². The molecule has 2 aromatic carbocycles. The quantitative estimate of drug-likeness (QED) is 0.183. The summed E-state index contributed by atoms with van der Waals surface area (Å²) in [5.41, 5.74) is 4.48. The number of carbonyl (C=O) groups is 1. The lowest BCUT2D eigenvalue weighted by atomic mass is 10.1. The van der Waals surface area contributed by atoms with Crippen molar-refractivity contribution in [2.45, 2.75) is 45.8 Å². The summed E-state index contributed by atoms with van der Waals surface area (Å²) in [7, 11) is 0. The van der Waals surface area contributed by atoms with Crippen LogP contribution in [0.1, 0.15) is 37.4 Å². The number of anilines is 3. The van der Waals surface area contributed by atoms with Crippen molar-refractivity contribution in [3.8, 4) is 5.75 Å². The summed E-state index contributed by atoms with van der Waals surface area (Å²) in [6.45, 7) is 7.95. The third-order valence-electron chi connectivity index (χ3n) is 7.02. The number of carbonyl (C=O) groups excluding carboxylic acids is 1. The Labute approximate surface area is 245 Å². The van der Waals surface area contributed by atoms with Crippen LogP contribution in [-0.2, 0) is 16.1 Å². The highest BCUT2D eigenvalue weighted by Gasteiger charge is 2.18. The van der Waals surface area contributed by atoms with Crippen molar-refractivity contribution in [1.29, 1.82) is 0 Å². The number of pyridine rings is 1. The molecule has 0 aliphatic carbocycles. The molecule has 2 N–H and O–H groups in total. The molecule has 5 rings (SSSR count). The fourth-order valence-corrected chi connectivity index (χ4v) is 5.73. The molecular formula is C32H37N5O3S. The first-order valence-corrected chi connectivity index (χ1v) is 15.0. The molecule has 0 bridgehead atoms. The van der Waals surface area contributed by atoms with Crippen LogP contribution in [0.15, 0.2) is 72.9 Å². The van der Waals surface area contributed by atoms with E-state index >= 15 is 0 Å². The van der Waals surface area contributed by atoms with Gasteiger partial charge in [-0.3, -0.25) is 14.7 Å². The molecule has 214 valence electrons. The molecule has 1 saturated heterocycles. The monoisotopic (exact) mass is 571 g/mol. The number of nitrogens with one attached hydrogen (secondary N) is 2. The number of amides is 1. The molecule has 1 fully saturated rings.